The Morgan fingerprint density at radius 1 is 1.00 bits per heavy atom. The summed E-state index contributed by atoms with van der Waals surface area (Å²) in [6.07, 6.45) is 0. The Morgan fingerprint density at radius 3 is 2.29 bits per heavy atom. The number of hydrogen-bond donors (Lipinski definition) is 0. The molecule has 0 saturated carbocycles. The molecule has 0 N–H and O–H groups in total. The van der Waals surface area contributed by atoms with Gasteiger partial charge >= 0.3 is 5.97 Å². The van der Waals surface area contributed by atoms with Gasteiger partial charge in [0.05, 0.1) is 13.7 Å². The van der Waals surface area contributed by atoms with E-state index in [1.165, 1.54) is 36.3 Å². The molecule has 0 heterocycles. The average molecular weight is 331 g/mol. The van der Waals surface area contributed by atoms with Crippen molar-refractivity contribution < 1.29 is 23.5 Å². The standard InChI is InChI=1S/C18H18FNO4/c1-23-18(22)13-24-12-17(21)20(11-14-5-3-2-4-6-14)16-9-7-15(19)8-10-16/h2-10H,11-13H2,1H3. The van der Waals surface area contributed by atoms with E-state index in [1.54, 1.807) is 0 Å². The van der Waals surface area contributed by atoms with Gasteiger partial charge in [0.25, 0.3) is 5.91 Å². The van der Waals surface area contributed by atoms with Gasteiger partial charge in [-0.3, -0.25) is 4.79 Å². The van der Waals surface area contributed by atoms with Crippen molar-refractivity contribution in [3.05, 3.63) is 66.0 Å². The van der Waals surface area contributed by atoms with E-state index in [1.807, 2.05) is 30.3 Å². The second kappa shape index (κ2) is 8.79. The molecule has 0 aliphatic heterocycles. The Hall–Kier alpha value is -2.73. The number of nitrogens with zero attached hydrogens (tertiary/aromatic N) is 1. The van der Waals surface area contributed by atoms with Crippen LogP contribution in [-0.4, -0.2) is 32.2 Å². The van der Waals surface area contributed by atoms with Crippen molar-refractivity contribution in [2.75, 3.05) is 25.2 Å². The lowest BCUT2D eigenvalue weighted by atomic mass is 10.2. The molecule has 0 atom stereocenters. The molecule has 126 valence electrons. The quantitative estimate of drug-likeness (QED) is 0.732. The first-order chi connectivity index (χ1) is 11.6. The van der Waals surface area contributed by atoms with Gasteiger partial charge in [-0.05, 0) is 29.8 Å². The van der Waals surface area contributed by atoms with E-state index in [9.17, 15) is 14.0 Å². The predicted octanol–water partition coefficient (Wildman–Crippen LogP) is 2.55. The number of hydrogen-bond acceptors (Lipinski definition) is 4. The number of carbonyl (C=O) groups is 2. The minimum Gasteiger partial charge on any atom is -0.467 e. The molecule has 2 aromatic carbocycles. The number of anilines is 1. The lowest BCUT2D eigenvalue weighted by molar-refractivity contribution is -0.146. The van der Waals surface area contributed by atoms with E-state index in [-0.39, 0.29) is 24.9 Å². The van der Waals surface area contributed by atoms with Crippen molar-refractivity contribution in [2.45, 2.75) is 6.54 Å². The first kappa shape index (κ1) is 17.6. The Morgan fingerprint density at radius 2 is 1.67 bits per heavy atom. The van der Waals surface area contributed by atoms with Crippen LogP contribution >= 0.6 is 0 Å². The van der Waals surface area contributed by atoms with Gasteiger partial charge in [0.1, 0.15) is 19.0 Å². The van der Waals surface area contributed by atoms with Crippen LogP contribution < -0.4 is 4.90 Å². The van der Waals surface area contributed by atoms with Crippen molar-refractivity contribution in [2.24, 2.45) is 0 Å². The van der Waals surface area contributed by atoms with Crippen LogP contribution in [0.1, 0.15) is 5.56 Å². The molecular weight excluding hydrogens is 313 g/mol. The fourth-order valence-electron chi connectivity index (χ4n) is 2.07. The predicted molar refractivity (Wildman–Crippen MR) is 86.9 cm³/mol. The Kier molecular flexibility index (Phi) is 6.45. The summed E-state index contributed by atoms with van der Waals surface area (Å²) in [6, 6.07) is 15.0. The van der Waals surface area contributed by atoms with Crippen LogP contribution in [0, 0.1) is 5.82 Å². The molecule has 6 heteroatoms. The molecule has 1 amide bonds. The number of esters is 1. The lowest BCUT2D eigenvalue weighted by Gasteiger charge is -2.23. The molecule has 5 nitrogen and oxygen atoms in total. The molecule has 0 unspecified atom stereocenters. The SMILES string of the molecule is COC(=O)COCC(=O)N(Cc1ccccc1)c1ccc(F)cc1. The Bertz CT molecular complexity index is 673. The number of ether oxygens (including phenoxy) is 2. The highest BCUT2D eigenvalue weighted by Gasteiger charge is 2.17. The highest BCUT2D eigenvalue weighted by molar-refractivity contribution is 5.94. The van der Waals surface area contributed by atoms with Gasteiger partial charge in [-0.25, -0.2) is 9.18 Å². The van der Waals surface area contributed by atoms with Crippen LogP contribution in [0.25, 0.3) is 0 Å². The maximum absolute atomic E-state index is 13.1. The first-order valence-electron chi connectivity index (χ1n) is 7.34. The van der Waals surface area contributed by atoms with E-state index >= 15 is 0 Å². The van der Waals surface area contributed by atoms with Crippen LogP contribution in [0.15, 0.2) is 54.6 Å². The zero-order valence-electron chi connectivity index (χ0n) is 13.3. The maximum atomic E-state index is 13.1. The van der Waals surface area contributed by atoms with E-state index in [2.05, 4.69) is 4.74 Å². The van der Waals surface area contributed by atoms with Gasteiger partial charge < -0.3 is 14.4 Å². The van der Waals surface area contributed by atoms with Crippen LogP contribution in [-0.2, 0) is 25.6 Å². The van der Waals surface area contributed by atoms with Crippen molar-refractivity contribution >= 4 is 17.6 Å². The van der Waals surface area contributed by atoms with Gasteiger partial charge in [-0.1, -0.05) is 30.3 Å². The molecule has 0 spiro atoms. The number of methoxy groups -OCH3 is 1. The number of amides is 1. The number of carbonyl (C=O) groups excluding carboxylic acids is 2. The Labute approximate surface area is 139 Å². The highest BCUT2D eigenvalue weighted by Crippen LogP contribution is 2.18. The molecule has 2 aromatic rings. The van der Waals surface area contributed by atoms with Crippen LogP contribution in [0.3, 0.4) is 0 Å². The Balaban J connectivity index is 2.11. The average Bonchev–Trinajstić information content (AvgIpc) is 2.61. The van der Waals surface area contributed by atoms with Crippen LogP contribution in [0.5, 0.6) is 0 Å². The lowest BCUT2D eigenvalue weighted by Crippen LogP contribution is -2.34. The molecule has 0 radical (unpaired) electrons. The van der Waals surface area contributed by atoms with E-state index in [0.717, 1.165) is 5.56 Å². The van der Waals surface area contributed by atoms with E-state index < -0.39 is 5.97 Å². The summed E-state index contributed by atoms with van der Waals surface area (Å²) in [7, 11) is 1.24. The zero-order chi connectivity index (χ0) is 17.4. The second-order valence-corrected chi connectivity index (χ2v) is 5.01. The van der Waals surface area contributed by atoms with Crippen molar-refractivity contribution in [1.29, 1.82) is 0 Å². The third-order valence-corrected chi connectivity index (χ3v) is 3.30. The van der Waals surface area contributed by atoms with Gasteiger partial charge in [0.15, 0.2) is 0 Å². The summed E-state index contributed by atoms with van der Waals surface area (Å²) in [4.78, 5) is 25.0. The molecule has 24 heavy (non-hydrogen) atoms. The number of benzene rings is 2. The summed E-state index contributed by atoms with van der Waals surface area (Å²) in [5.74, 6) is -1.28. The summed E-state index contributed by atoms with van der Waals surface area (Å²) in [5.41, 5.74) is 1.47. The van der Waals surface area contributed by atoms with E-state index in [0.29, 0.717) is 12.2 Å². The monoisotopic (exact) mass is 331 g/mol. The first-order valence-corrected chi connectivity index (χ1v) is 7.34. The highest BCUT2D eigenvalue weighted by atomic mass is 19.1. The normalized spacial score (nSPS) is 10.2. The molecule has 0 saturated heterocycles. The maximum Gasteiger partial charge on any atom is 0.331 e. The minimum absolute atomic E-state index is 0.278. The minimum atomic E-state index is -0.556. The summed E-state index contributed by atoms with van der Waals surface area (Å²) >= 11 is 0. The van der Waals surface area contributed by atoms with Crippen molar-refractivity contribution in [3.8, 4) is 0 Å². The third-order valence-electron chi connectivity index (χ3n) is 3.30. The molecule has 0 fully saturated rings. The molecular formula is C18H18FNO4. The summed E-state index contributed by atoms with van der Waals surface area (Å²) in [5, 5.41) is 0. The molecule has 0 aliphatic rings. The smallest absolute Gasteiger partial charge is 0.331 e. The molecule has 0 aromatic heterocycles. The fraction of sp³-hybridized carbons (Fsp3) is 0.222. The molecule has 0 bridgehead atoms. The second-order valence-electron chi connectivity index (χ2n) is 5.01. The fourth-order valence-corrected chi connectivity index (χ4v) is 2.07. The molecule has 0 aliphatic carbocycles. The van der Waals surface area contributed by atoms with Gasteiger partial charge in [0, 0.05) is 5.69 Å². The topological polar surface area (TPSA) is 55.8 Å². The third kappa shape index (κ3) is 5.17. The largest absolute Gasteiger partial charge is 0.467 e. The van der Waals surface area contributed by atoms with Gasteiger partial charge in [0.2, 0.25) is 0 Å². The van der Waals surface area contributed by atoms with Gasteiger partial charge in [-0.15, -0.1) is 0 Å². The van der Waals surface area contributed by atoms with Crippen molar-refractivity contribution in [3.63, 3.8) is 0 Å². The van der Waals surface area contributed by atoms with Crippen molar-refractivity contribution in [1.82, 2.24) is 0 Å². The number of rotatable bonds is 7. The van der Waals surface area contributed by atoms with Crippen LogP contribution in [0.4, 0.5) is 10.1 Å². The van der Waals surface area contributed by atoms with E-state index in [4.69, 9.17) is 4.74 Å². The summed E-state index contributed by atoms with van der Waals surface area (Å²) < 4.78 is 22.7. The summed E-state index contributed by atoms with van der Waals surface area (Å²) in [6.45, 7) is -0.267. The number of halogens is 1. The van der Waals surface area contributed by atoms with Gasteiger partial charge in [-0.2, -0.15) is 0 Å². The zero-order valence-corrected chi connectivity index (χ0v) is 13.3. The van der Waals surface area contributed by atoms with Crippen LogP contribution in [0.2, 0.25) is 0 Å². The molecule has 2 rings (SSSR count).